The summed E-state index contributed by atoms with van der Waals surface area (Å²) in [4.78, 5) is 36.9. The first-order valence-electron chi connectivity index (χ1n) is 11.3. The van der Waals surface area contributed by atoms with E-state index in [2.05, 4.69) is 18.7 Å². The van der Waals surface area contributed by atoms with E-state index in [4.69, 9.17) is 9.97 Å². The van der Waals surface area contributed by atoms with Gasteiger partial charge in [0, 0.05) is 68.3 Å². The summed E-state index contributed by atoms with van der Waals surface area (Å²) in [5, 5.41) is 11.0. The summed E-state index contributed by atoms with van der Waals surface area (Å²) in [7, 11) is 0. The van der Waals surface area contributed by atoms with Crippen molar-refractivity contribution in [3.8, 4) is 0 Å². The number of carbonyl (C=O) groups is 1. The lowest BCUT2D eigenvalue weighted by Crippen LogP contribution is -2.50. The van der Waals surface area contributed by atoms with Crippen molar-refractivity contribution in [1.29, 1.82) is 0 Å². The zero-order valence-electron chi connectivity index (χ0n) is 19.7. The molecule has 0 unspecified atom stereocenters. The highest BCUT2D eigenvalue weighted by atomic mass is 16.6. The molecule has 32 heavy (non-hydrogen) atoms. The minimum Gasteiger partial charge on any atom is -0.353 e. The smallest absolute Gasteiger partial charge is 0.269 e. The van der Waals surface area contributed by atoms with Crippen molar-refractivity contribution in [2.24, 2.45) is 11.8 Å². The summed E-state index contributed by atoms with van der Waals surface area (Å²) in [6, 6.07) is 6.66. The third-order valence-electron chi connectivity index (χ3n) is 5.74. The van der Waals surface area contributed by atoms with E-state index >= 15 is 0 Å². The number of hydrogen-bond donors (Lipinski definition) is 0. The highest BCUT2D eigenvalue weighted by Gasteiger charge is 2.26. The lowest BCUT2D eigenvalue weighted by molar-refractivity contribution is -0.384. The van der Waals surface area contributed by atoms with Crippen LogP contribution in [0.25, 0.3) is 0 Å². The van der Waals surface area contributed by atoms with Crippen molar-refractivity contribution in [2.45, 2.75) is 47.5 Å². The number of aromatic nitrogens is 2. The molecule has 0 atom stereocenters. The number of carbonyl (C=O) groups excluding carboxylic acids is 1. The standard InChI is InChI=1S/C24H33N5O3/c1-16(2)14-22-25-18(5)21(15-19-6-8-20(9-7-19)29(31)32)23(26-22)27-10-12-28(13-11-27)24(30)17(3)4/h6-9,16-17H,10-15H2,1-5H3. The lowest BCUT2D eigenvalue weighted by atomic mass is 10.0. The molecule has 0 saturated carbocycles. The first-order chi connectivity index (χ1) is 15.2. The number of rotatable bonds is 7. The van der Waals surface area contributed by atoms with Gasteiger partial charge < -0.3 is 9.80 Å². The predicted molar refractivity (Wildman–Crippen MR) is 125 cm³/mol. The minimum absolute atomic E-state index is 0.00168. The van der Waals surface area contributed by atoms with Crippen LogP contribution in [-0.4, -0.2) is 51.9 Å². The second-order valence-corrected chi connectivity index (χ2v) is 9.19. The predicted octanol–water partition coefficient (Wildman–Crippen LogP) is 3.79. The van der Waals surface area contributed by atoms with Crippen molar-refractivity contribution in [2.75, 3.05) is 31.1 Å². The molecule has 8 nitrogen and oxygen atoms in total. The number of aryl methyl sites for hydroxylation is 1. The maximum absolute atomic E-state index is 12.4. The van der Waals surface area contributed by atoms with Gasteiger partial charge in [-0.25, -0.2) is 9.97 Å². The molecule has 0 radical (unpaired) electrons. The fourth-order valence-corrected chi connectivity index (χ4v) is 4.01. The Balaban J connectivity index is 1.89. The number of benzene rings is 1. The van der Waals surface area contributed by atoms with Crippen LogP contribution in [0.5, 0.6) is 0 Å². The van der Waals surface area contributed by atoms with Gasteiger partial charge in [-0.05, 0) is 18.4 Å². The van der Waals surface area contributed by atoms with Crippen LogP contribution in [0.15, 0.2) is 24.3 Å². The second kappa shape index (κ2) is 10.1. The van der Waals surface area contributed by atoms with Crippen molar-refractivity contribution < 1.29 is 9.72 Å². The number of anilines is 1. The molecule has 1 fully saturated rings. The molecule has 1 aliphatic rings. The van der Waals surface area contributed by atoms with Crippen LogP contribution < -0.4 is 4.90 Å². The zero-order valence-corrected chi connectivity index (χ0v) is 19.7. The molecule has 1 saturated heterocycles. The van der Waals surface area contributed by atoms with Crippen LogP contribution in [0.4, 0.5) is 11.5 Å². The first-order valence-corrected chi connectivity index (χ1v) is 11.3. The number of amides is 1. The molecule has 2 heterocycles. The summed E-state index contributed by atoms with van der Waals surface area (Å²) in [6.45, 7) is 13.0. The molecule has 0 bridgehead atoms. The van der Waals surface area contributed by atoms with Crippen molar-refractivity contribution in [3.05, 3.63) is 57.0 Å². The van der Waals surface area contributed by atoms with E-state index in [1.165, 1.54) is 12.1 Å². The van der Waals surface area contributed by atoms with E-state index in [-0.39, 0.29) is 22.4 Å². The van der Waals surface area contributed by atoms with Gasteiger partial charge in [0.25, 0.3) is 5.69 Å². The Morgan fingerprint density at radius 3 is 2.22 bits per heavy atom. The van der Waals surface area contributed by atoms with Gasteiger partial charge in [0.1, 0.15) is 11.6 Å². The number of nitrogens with zero attached hydrogens (tertiary/aromatic N) is 5. The van der Waals surface area contributed by atoms with Gasteiger partial charge >= 0.3 is 0 Å². The third kappa shape index (κ3) is 5.60. The van der Waals surface area contributed by atoms with Gasteiger partial charge in [-0.15, -0.1) is 0 Å². The van der Waals surface area contributed by atoms with E-state index in [0.29, 0.717) is 25.4 Å². The van der Waals surface area contributed by atoms with Crippen LogP contribution in [0.3, 0.4) is 0 Å². The van der Waals surface area contributed by atoms with Crippen molar-refractivity contribution in [3.63, 3.8) is 0 Å². The van der Waals surface area contributed by atoms with E-state index < -0.39 is 0 Å². The Hall–Kier alpha value is -3.03. The first kappa shape index (κ1) is 23.6. The van der Waals surface area contributed by atoms with E-state index in [1.54, 1.807) is 12.1 Å². The Morgan fingerprint density at radius 2 is 1.69 bits per heavy atom. The molecular weight excluding hydrogens is 406 g/mol. The van der Waals surface area contributed by atoms with Crippen LogP contribution in [0.2, 0.25) is 0 Å². The summed E-state index contributed by atoms with van der Waals surface area (Å²) in [6.07, 6.45) is 1.41. The number of nitro groups is 1. The highest BCUT2D eigenvalue weighted by molar-refractivity contribution is 5.78. The van der Waals surface area contributed by atoms with E-state index in [0.717, 1.165) is 48.0 Å². The van der Waals surface area contributed by atoms with E-state index in [9.17, 15) is 14.9 Å². The molecule has 0 spiro atoms. The Bertz CT molecular complexity index is 964. The molecule has 1 aromatic heterocycles. The average molecular weight is 440 g/mol. The van der Waals surface area contributed by atoms with Gasteiger partial charge in [-0.1, -0.05) is 39.8 Å². The molecule has 172 valence electrons. The summed E-state index contributed by atoms with van der Waals surface area (Å²) in [5.41, 5.74) is 3.04. The molecule has 1 aromatic carbocycles. The third-order valence-corrected chi connectivity index (χ3v) is 5.74. The van der Waals surface area contributed by atoms with Crippen LogP contribution in [0, 0.1) is 28.9 Å². The van der Waals surface area contributed by atoms with Gasteiger partial charge in [0.2, 0.25) is 5.91 Å². The lowest BCUT2D eigenvalue weighted by Gasteiger charge is -2.37. The zero-order chi connectivity index (χ0) is 23.4. The molecule has 0 aliphatic carbocycles. The van der Waals surface area contributed by atoms with Crippen LogP contribution >= 0.6 is 0 Å². The Kier molecular flexibility index (Phi) is 7.43. The molecule has 8 heteroatoms. The largest absolute Gasteiger partial charge is 0.353 e. The van der Waals surface area contributed by atoms with Crippen molar-refractivity contribution in [1.82, 2.24) is 14.9 Å². The molecule has 1 aliphatic heterocycles. The monoisotopic (exact) mass is 439 g/mol. The fourth-order valence-electron chi connectivity index (χ4n) is 4.01. The maximum Gasteiger partial charge on any atom is 0.269 e. The minimum atomic E-state index is -0.387. The Morgan fingerprint density at radius 1 is 1.06 bits per heavy atom. The maximum atomic E-state index is 12.4. The molecule has 3 rings (SSSR count). The molecular formula is C24H33N5O3. The van der Waals surface area contributed by atoms with Gasteiger partial charge in [-0.2, -0.15) is 0 Å². The average Bonchev–Trinajstić information content (AvgIpc) is 2.75. The normalized spacial score (nSPS) is 14.3. The number of hydrogen-bond acceptors (Lipinski definition) is 6. The summed E-state index contributed by atoms with van der Waals surface area (Å²) >= 11 is 0. The SMILES string of the molecule is Cc1nc(CC(C)C)nc(N2CCN(C(=O)C(C)C)CC2)c1Cc1ccc([N+](=O)[O-])cc1. The van der Waals surface area contributed by atoms with E-state index in [1.807, 2.05) is 25.7 Å². The second-order valence-electron chi connectivity index (χ2n) is 9.19. The van der Waals surface area contributed by atoms with Crippen LogP contribution in [-0.2, 0) is 17.6 Å². The van der Waals surface area contributed by atoms with Crippen LogP contribution in [0.1, 0.15) is 50.3 Å². The molecule has 1 amide bonds. The fraction of sp³-hybridized carbons (Fsp3) is 0.542. The summed E-state index contributed by atoms with van der Waals surface area (Å²) in [5.74, 6) is 2.39. The Labute approximate surface area is 189 Å². The molecule has 2 aromatic rings. The number of nitro benzene ring substituents is 1. The number of non-ortho nitro benzene ring substituents is 1. The van der Waals surface area contributed by atoms with Crippen molar-refractivity contribution >= 4 is 17.4 Å². The highest BCUT2D eigenvalue weighted by Crippen LogP contribution is 2.27. The summed E-state index contributed by atoms with van der Waals surface area (Å²) < 4.78 is 0. The van der Waals surface area contributed by atoms with Gasteiger partial charge in [-0.3, -0.25) is 14.9 Å². The topological polar surface area (TPSA) is 92.5 Å². The molecule has 0 N–H and O–H groups in total. The quantitative estimate of drug-likeness (QED) is 0.481. The van der Waals surface area contributed by atoms with Gasteiger partial charge in [0.15, 0.2) is 0 Å². The van der Waals surface area contributed by atoms with Gasteiger partial charge in [0.05, 0.1) is 4.92 Å². The number of piperazine rings is 1.